The van der Waals surface area contributed by atoms with Crippen LogP contribution in [-0.2, 0) is 13.5 Å². The zero-order valence-corrected chi connectivity index (χ0v) is 11.0. The average molecular weight is 236 g/mol. The fraction of sp³-hybridized carbons (Fsp3) is 0.769. The largest absolute Gasteiger partial charge is 0.338 e. The lowest BCUT2D eigenvalue weighted by Gasteiger charge is -2.38. The second kappa shape index (κ2) is 5.19. The third-order valence-corrected chi connectivity index (χ3v) is 4.32. The normalized spacial score (nSPS) is 19.1. The number of nitrogens with zero attached hydrogens (tertiary/aromatic N) is 3. The number of hydrogen-bond donors (Lipinski definition) is 1. The molecule has 0 bridgehead atoms. The highest BCUT2D eigenvalue weighted by atomic mass is 15.2. The quantitative estimate of drug-likeness (QED) is 0.834. The van der Waals surface area contributed by atoms with Crippen LogP contribution in [0.25, 0.3) is 0 Å². The van der Waals surface area contributed by atoms with Gasteiger partial charge < -0.3 is 10.3 Å². The van der Waals surface area contributed by atoms with Gasteiger partial charge in [-0.2, -0.15) is 0 Å². The van der Waals surface area contributed by atoms with Crippen LogP contribution in [-0.4, -0.2) is 40.1 Å². The molecular formula is C13H24N4. The highest BCUT2D eigenvalue weighted by Crippen LogP contribution is 2.33. The summed E-state index contributed by atoms with van der Waals surface area (Å²) in [4.78, 5) is 6.82. The van der Waals surface area contributed by atoms with Gasteiger partial charge in [0, 0.05) is 44.5 Å². The monoisotopic (exact) mass is 236 g/mol. The average Bonchev–Trinajstić information content (AvgIpc) is 2.95. The van der Waals surface area contributed by atoms with E-state index in [1.165, 1.54) is 25.7 Å². The third-order valence-electron chi connectivity index (χ3n) is 4.32. The Labute approximate surface area is 104 Å². The summed E-state index contributed by atoms with van der Waals surface area (Å²) >= 11 is 0. The molecule has 17 heavy (non-hydrogen) atoms. The molecule has 0 unspecified atom stereocenters. The molecule has 96 valence electrons. The molecule has 2 rings (SSSR count). The topological polar surface area (TPSA) is 47.1 Å². The first-order valence-electron chi connectivity index (χ1n) is 6.55. The SMILES string of the molecule is CN(CCc1nccn1C)C1(CN)CCCC1. The molecule has 1 heterocycles. The molecule has 1 aromatic heterocycles. The Hall–Kier alpha value is -0.870. The molecule has 4 nitrogen and oxygen atoms in total. The molecule has 0 spiro atoms. The van der Waals surface area contributed by atoms with Gasteiger partial charge in [0.1, 0.15) is 5.82 Å². The van der Waals surface area contributed by atoms with Crippen LogP contribution in [0.4, 0.5) is 0 Å². The Morgan fingerprint density at radius 2 is 2.18 bits per heavy atom. The summed E-state index contributed by atoms with van der Waals surface area (Å²) in [5.41, 5.74) is 6.24. The summed E-state index contributed by atoms with van der Waals surface area (Å²) < 4.78 is 2.09. The Morgan fingerprint density at radius 3 is 2.71 bits per heavy atom. The number of likely N-dealkylation sites (N-methyl/N-ethyl adjacent to an activating group) is 1. The minimum absolute atomic E-state index is 0.255. The molecular weight excluding hydrogens is 212 g/mol. The Balaban J connectivity index is 1.92. The number of nitrogens with two attached hydrogens (primary N) is 1. The van der Waals surface area contributed by atoms with Gasteiger partial charge in [0.2, 0.25) is 0 Å². The van der Waals surface area contributed by atoms with Gasteiger partial charge in [-0.3, -0.25) is 4.90 Å². The molecule has 2 N–H and O–H groups in total. The maximum atomic E-state index is 5.99. The maximum Gasteiger partial charge on any atom is 0.109 e. The summed E-state index contributed by atoms with van der Waals surface area (Å²) in [6.45, 7) is 1.83. The van der Waals surface area contributed by atoms with E-state index in [0.29, 0.717) is 0 Å². The molecule has 1 aliphatic rings. The van der Waals surface area contributed by atoms with Crippen molar-refractivity contribution >= 4 is 0 Å². The fourth-order valence-corrected chi connectivity index (χ4v) is 2.92. The molecule has 0 saturated heterocycles. The van der Waals surface area contributed by atoms with Crippen molar-refractivity contribution < 1.29 is 0 Å². The smallest absolute Gasteiger partial charge is 0.109 e. The van der Waals surface area contributed by atoms with Crippen molar-refractivity contribution in [3.63, 3.8) is 0 Å². The van der Waals surface area contributed by atoms with Crippen LogP contribution in [0.2, 0.25) is 0 Å². The zero-order chi connectivity index (χ0) is 12.3. The number of aromatic nitrogens is 2. The van der Waals surface area contributed by atoms with Crippen LogP contribution in [0.5, 0.6) is 0 Å². The van der Waals surface area contributed by atoms with Crippen molar-refractivity contribution in [3.05, 3.63) is 18.2 Å². The first-order chi connectivity index (χ1) is 8.18. The van der Waals surface area contributed by atoms with Gasteiger partial charge in [0.25, 0.3) is 0 Å². The maximum absolute atomic E-state index is 5.99. The summed E-state index contributed by atoms with van der Waals surface area (Å²) in [5.74, 6) is 1.15. The standard InChI is InChI=1S/C13H24N4/c1-16-10-8-15-12(16)5-9-17(2)13(11-14)6-3-4-7-13/h8,10H,3-7,9,11,14H2,1-2H3. The number of rotatable bonds is 5. The van der Waals surface area contributed by atoms with E-state index >= 15 is 0 Å². The first-order valence-corrected chi connectivity index (χ1v) is 6.55. The molecule has 1 aliphatic carbocycles. The third kappa shape index (κ3) is 2.53. The lowest BCUT2D eigenvalue weighted by Crippen LogP contribution is -2.50. The van der Waals surface area contributed by atoms with Crippen molar-refractivity contribution in [2.45, 2.75) is 37.6 Å². The van der Waals surface area contributed by atoms with Gasteiger partial charge in [0.05, 0.1) is 0 Å². The van der Waals surface area contributed by atoms with Crippen molar-refractivity contribution in [3.8, 4) is 0 Å². The minimum atomic E-state index is 0.255. The van der Waals surface area contributed by atoms with Crippen molar-refractivity contribution in [1.82, 2.24) is 14.5 Å². The minimum Gasteiger partial charge on any atom is -0.338 e. The predicted molar refractivity (Wildman–Crippen MR) is 69.8 cm³/mol. The van der Waals surface area contributed by atoms with Gasteiger partial charge >= 0.3 is 0 Å². The Kier molecular flexibility index (Phi) is 3.84. The highest BCUT2D eigenvalue weighted by Gasteiger charge is 2.35. The van der Waals surface area contributed by atoms with Crippen LogP contribution >= 0.6 is 0 Å². The van der Waals surface area contributed by atoms with Crippen molar-refractivity contribution in [2.75, 3.05) is 20.1 Å². The molecule has 1 aromatic rings. The Morgan fingerprint density at radius 1 is 1.47 bits per heavy atom. The number of aryl methyl sites for hydroxylation is 1. The molecule has 1 fully saturated rings. The van der Waals surface area contributed by atoms with E-state index in [1.807, 2.05) is 12.4 Å². The fourth-order valence-electron chi connectivity index (χ4n) is 2.92. The van der Waals surface area contributed by atoms with E-state index in [-0.39, 0.29) is 5.54 Å². The van der Waals surface area contributed by atoms with Crippen molar-refractivity contribution in [2.24, 2.45) is 12.8 Å². The van der Waals surface area contributed by atoms with Crippen LogP contribution < -0.4 is 5.73 Å². The number of hydrogen-bond acceptors (Lipinski definition) is 3. The van der Waals surface area contributed by atoms with Gasteiger partial charge in [-0.1, -0.05) is 12.8 Å². The Bertz CT molecular complexity index is 352. The summed E-state index contributed by atoms with van der Waals surface area (Å²) in [6, 6.07) is 0. The molecule has 0 amide bonds. The van der Waals surface area contributed by atoms with Crippen molar-refractivity contribution in [1.29, 1.82) is 0 Å². The van der Waals surface area contributed by atoms with Gasteiger partial charge in [-0.05, 0) is 19.9 Å². The summed E-state index contributed by atoms with van der Waals surface area (Å²) in [6.07, 6.45) is 10.0. The molecule has 0 aliphatic heterocycles. The molecule has 0 aromatic carbocycles. The van der Waals surface area contributed by atoms with Gasteiger partial charge in [-0.25, -0.2) is 4.98 Å². The van der Waals surface area contributed by atoms with E-state index < -0.39 is 0 Å². The van der Waals surface area contributed by atoms with Crippen LogP contribution in [0.3, 0.4) is 0 Å². The lowest BCUT2D eigenvalue weighted by atomic mass is 9.95. The van der Waals surface area contributed by atoms with Gasteiger partial charge in [-0.15, -0.1) is 0 Å². The van der Waals surface area contributed by atoms with E-state index in [2.05, 4.69) is 28.5 Å². The van der Waals surface area contributed by atoms with E-state index in [1.54, 1.807) is 0 Å². The van der Waals surface area contributed by atoms with Crippen LogP contribution in [0.1, 0.15) is 31.5 Å². The van der Waals surface area contributed by atoms with Crippen LogP contribution in [0.15, 0.2) is 12.4 Å². The van der Waals surface area contributed by atoms with Crippen LogP contribution in [0, 0.1) is 0 Å². The van der Waals surface area contributed by atoms with E-state index in [4.69, 9.17) is 5.73 Å². The first kappa shape index (κ1) is 12.6. The molecule has 1 saturated carbocycles. The second-order valence-electron chi connectivity index (χ2n) is 5.26. The number of imidazole rings is 1. The second-order valence-corrected chi connectivity index (χ2v) is 5.26. The molecule has 0 atom stereocenters. The predicted octanol–water partition coefficient (Wildman–Crippen LogP) is 1.17. The van der Waals surface area contributed by atoms with E-state index in [0.717, 1.165) is 25.3 Å². The highest BCUT2D eigenvalue weighted by molar-refractivity contribution is 4.97. The summed E-state index contributed by atoms with van der Waals surface area (Å²) in [5, 5.41) is 0. The van der Waals surface area contributed by atoms with Gasteiger partial charge in [0.15, 0.2) is 0 Å². The molecule has 0 radical (unpaired) electrons. The van der Waals surface area contributed by atoms with E-state index in [9.17, 15) is 0 Å². The lowest BCUT2D eigenvalue weighted by molar-refractivity contribution is 0.132. The zero-order valence-electron chi connectivity index (χ0n) is 11.0. The summed E-state index contributed by atoms with van der Waals surface area (Å²) in [7, 11) is 4.26. The molecule has 4 heteroatoms.